The number of benzene rings is 1. The molecule has 0 N–H and O–H groups in total. The molecule has 0 aliphatic heterocycles. The molecule has 1 heterocycles. The molecule has 2 aromatic rings. The second kappa shape index (κ2) is 6.50. The molecule has 1 atom stereocenters. The zero-order valence-corrected chi connectivity index (χ0v) is 9.79. The first-order valence-electron chi connectivity index (χ1n) is 12.3. The van der Waals surface area contributed by atoms with Crippen LogP contribution in [0.3, 0.4) is 0 Å². The summed E-state index contributed by atoms with van der Waals surface area (Å²) in [4.78, 5) is -0.639. The maximum Gasteiger partial charge on any atom is 0.124 e. The molecule has 0 saturated carbocycles. The van der Waals surface area contributed by atoms with E-state index in [0.29, 0.717) is 4.68 Å². The highest BCUT2D eigenvalue weighted by Gasteiger charge is 2.17. The van der Waals surface area contributed by atoms with Gasteiger partial charge in [0, 0.05) is 34.7 Å². The second-order valence-corrected chi connectivity index (χ2v) is 3.47. The van der Waals surface area contributed by atoms with Gasteiger partial charge >= 0.3 is 0 Å². The maximum atomic E-state index is 8.89. The number of ether oxygens (including phenoxy) is 1. The Morgan fingerprint density at radius 3 is 3.00 bits per heavy atom. The van der Waals surface area contributed by atoms with Crippen molar-refractivity contribution < 1.29 is 23.9 Å². The van der Waals surface area contributed by atoms with Gasteiger partial charge in [0.25, 0.3) is 0 Å². The van der Waals surface area contributed by atoms with Gasteiger partial charge in [-0.3, -0.25) is 4.68 Å². The SMILES string of the molecule is [2H]C(OC([2H])([2H])C([2H])([2H])N(C([2H])([2H])[2H])C([2H])([2H])[2H])(c1ccccc1)c1ccnn1C([2H])([2H])[2H]. The lowest BCUT2D eigenvalue weighted by Crippen LogP contribution is -2.20. The molecule has 19 heavy (non-hydrogen) atoms. The second-order valence-electron chi connectivity index (χ2n) is 3.47. The van der Waals surface area contributed by atoms with Crippen LogP contribution in [0.4, 0.5) is 0 Å². The Hall–Kier alpha value is -1.65. The molecule has 0 radical (unpaired) electrons. The lowest BCUT2D eigenvalue weighted by atomic mass is 10.1. The zero-order valence-electron chi connectivity index (χ0n) is 23.8. The van der Waals surface area contributed by atoms with Gasteiger partial charge in [-0.15, -0.1) is 0 Å². The molecule has 1 aromatic heterocycles. The molecule has 2 rings (SSSR count). The number of hydrogen-bond acceptors (Lipinski definition) is 3. The predicted molar refractivity (Wildman–Crippen MR) is 76.0 cm³/mol. The molecule has 0 amide bonds. The smallest absolute Gasteiger partial charge is 0.124 e. The summed E-state index contributed by atoms with van der Waals surface area (Å²) in [7, 11) is 0. The molecular weight excluding hydrogens is 238 g/mol. The van der Waals surface area contributed by atoms with Crippen molar-refractivity contribution in [1.82, 2.24) is 14.7 Å². The molecule has 0 bridgehead atoms. The Morgan fingerprint density at radius 2 is 2.26 bits per heavy atom. The van der Waals surface area contributed by atoms with Gasteiger partial charge in [-0.1, -0.05) is 30.3 Å². The Balaban J connectivity index is 2.72. The van der Waals surface area contributed by atoms with Crippen LogP contribution in [0, 0.1) is 0 Å². The minimum absolute atomic E-state index is 0.148. The fourth-order valence-electron chi connectivity index (χ4n) is 1.44. The first kappa shape index (κ1) is 4.43. The third kappa shape index (κ3) is 3.66. The van der Waals surface area contributed by atoms with Crippen molar-refractivity contribution in [1.29, 1.82) is 0 Å². The molecule has 102 valence electrons. The number of aryl methyl sites for hydroxylation is 1. The van der Waals surface area contributed by atoms with Crippen LogP contribution in [0.2, 0.25) is 0 Å². The van der Waals surface area contributed by atoms with Crippen molar-refractivity contribution in [2.75, 3.05) is 27.0 Å². The van der Waals surface area contributed by atoms with Gasteiger partial charge in [0.1, 0.15) is 6.08 Å². The van der Waals surface area contributed by atoms with Gasteiger partial charge in [0.15, 0.2) is 0 Å². The minimum Gasteiger partial charge on any atom is -0.366 e. The van der Waals surface area contributed by atoms with Gasteiger partial charge in [-0.2, -0.15) is 5.10 Å². The molecule has 4 nitrogen and oxygen atoms in total. The number of likely N-dealkylation sites (N-methyl/N-ethyl adjacent to an activating group) is 1. The summed E-state index contributed by atoms with van der Waals surface area (Å²) in [6, 6.07) is 8.01. The van der Waals surface area contributed by atoms with Crippen LogP contribution >= 0.6 is 0 Å². The van der Waals surface area contributed by atoms with E-state index in [1.54, 1.807) is 6.07 Å². The van der Waals surface area contributed by atoms with E-state index in [0.717, 1.165) is 12.3 Å². The van der Waals surface area contributed by atoms with Crippen LogP contribution in [0.1, 0.15) is 36.5 Å². The summed E-state index contributed by atoms with van der Waals surface area (Å²) < 4.78 is 115. The average Bonchev–Trinajstić information content (AvgIpc) is 3.09. The van der Waals surface area contributed by atoms with Crippen LogP contribution in [0.25, 0.3) is 0 Å². The zero-order chi connectivity index (χ0) is 25.7. The van der Waals surface area contributed by atoms with Gasteiger partial charge in [0.2, 0.25) is 0 Å². The van der Waals surface area contributed by atoms with E-state index in [9.17, 15) is 0 Å². The molecule has 0 aliphatic carbocycles. The Labute approximate surface area is 134 Å². The van der Waals surface area contributed by atoms with Gasteiger partial charge in [-0.25, -0.2) is 0 Å². The van der Waals surface area contributed by atoms with Crippen LogP contribution in [0.5, 0.6) is 0 Å². The summed E-state index contributed by atoms with van der Waals surface area (Å²) >= 11 is 0. The van der Waals surface area contributed by atoms with Gasteiger partial charge in [0.05, 0.1) is 16.4 Å². The number of aromatic nitrogens is 2. The fraction of sp³-hybridized carbons (Fsp3) is 0.400. The topological polar surface area (TPSA) is 30.3 Å². The fourth-order valence-corrected chi connectivity index (χ4v) is 1.44. The molecule has 4 heteroatoms. The Kier molecular flexibility index (Phi) is 1.52. The molecular formula is C15H21N3O. The Bertz CT molecular complexity index is 935. The number of hydrogen-bond donors (Lipinski definition) is 0. The highest BCUT2D eigenvalue weighted by atomic mass is 16.5. The maximum absolute atomic E-state index is 8.89. The van der Waals surface area contributed by atoms with Gasteiger partial charge < -0.3 is 9.64 Å². The van der Waals surface area contributed by atoms with Crippen LogP contribution in [-0.4, -0.2) is 41.7 Å². The van der Waals surface area contributed by atoms with E-state index < -0.39 is 50.7 Å². The third-order valence-electron chi connectivity index (χ3n) is 2.22. The van der Waals surface area contributed by atoms with Crippen molar-refractivity contribution >= 4 is 0 Å². The predicted octanol–water partition coefficient (Wildman–Crippen LogP) is 2.09. The lowest BCUT2D eigenvalue weighted by Gasteiger charge is -2.20. The summed E-state index contributed by atoms with van der Waals surface area (Å²) in [6.45, 7) is -17.8. The first-order chi connectivity index (χ1) is 14.7. The number of nitrogens with zero attached hydrogens (tertiary/aromatic N) is 3. The summed E-state index contributed by atoms with van der Waals surface area (Å²) in [5.74, 6) is 0. The van der Waals surface area contributed by atoms with E-state index in [4.69, 9.17) is 23.9 Å². The molecule has 1 aromatic carbocycles. The normalized spacial score (nSPS) is 28.9. The largest absolute Gasteiger partial charge is 0.366 e. The van der Waals surface area contributed by atoms with E-state index in [-0.39, 0.29) is 5.56 Å². The quantitative estimate of drug-likeness (QED) is 0.807. The number of rotatable bonds is 6. The highest BCUT2D eigenvalue weighted by Crippen LogP contribution is 2.25. The van der Waals surface area contributed by atoms with Crippen LogP contribution < -0.4 is 0 Å². The summed E-state index contributed by atoms with van der Waals surface area (Å²) in [5, 5.41) is 3.63. The van der Waals surface area contributed by atoms with Crippen LogP contribution in [0.15, 0.2) is 42.6 Å². The molecule has 0 fully saturated rings. The Morgan fingerprint density at radius 1 is 1.42 bits per heavy atom. The van der Waals surface area contributed by atoms with Crippen molar-refractivity contribution in [3.05, 3.63) is 53.9 Å². The lowest BCUT2D eigenvalue weighted by molar-refractivity contribution is 0.0638. The standard InChI is InChI=1S/C15H21N3O/c1-17(2)11-12-19-15(13-7-5-4-6-8-13)14-9-10-16-18(14)3/h4-10,15H,11-12H2,1-3H3/i1D3,2D3,3D3,11D2,12D2,15D. The minimum atomic E-state index is -3.84. The van der Waals surface area contributed by atoms with E-state index in [1.165, 1.54) is 24.3 Å². The first-order valence-corrected chi connectivity index (χ1v) is 5.27. The molecule has 1 unspecified atom stereocenters. The van der Waals surface area contributed by atoms with Crippen LogP contribution in [-0.2, 0) is 11.7 Å². The van der Waals surface area contributed by atoms with E-state index in [1.807, 2.05) is 0 Å². The van der Waals surface area contributed by atoms with Crippen molar-refractivity contribution in [3.8, 4) is 0 Å². The monoisotopic (exact) mass is 273 g/mol. The third-order valence-corrected chi connectivity index (χ3v) is 2.22. The van der Waals surface area contributed by atoms with Crippen molar-refractivity contribution in [3.63, 3.8) is 0 Å². The summed E-state index contributed by atoms with van der Waals surface area (Å²) in [6.07, 6.45) is -1.77. The van der Waals surface area contributed by atoms with E-state index in [2.05, 4.69) is 5.10 Å². The molecule has 0 spiro atoms. The van der Waals surface area contributed by atoms with Crippen molar-refractivity contribution in [2.45, 2.75) is 6.08 Å². The highest BCUT2D eigenvalue weighted by molar-refractivity contribution is 5.25. The average molecular weight is 273 g/mol. The van der Waals surface area contributed by atoms with Gasteiger partial charge in [-0.05, 0) is 25.6 Å². The molecule has 0 aliphatic rings. The van der Waals surface area contributed by atoms with E-state index >= 15 is 0 Å². The van der Waals surface area contributed by atoms with Crippen molar-refractivity contribution in [2.24, 2.45) is 6.98 Å². The molecule has 0 saturated heterocycles. The summed E-state index contributed by atoms with van der Waals surface area (Å²) in [5.41, 5.74) is -0.673.